The maximum atomic E-state index is 13.3. The topological polar surface area (TPSA) is 59.4 Å². The highest BCUT2D eigenvalue weighted by atomic mass is 19.1. The lowest BCUT2D eigenvalue weighted by Crippen LogP contribution is -2.02. The van der Waals surface area contributed by atoms with Crippen molar-refractivity contribution in [1.82, 2.24) is 4.98 Å². The number of benzene rings is 1. The third-order valence-corrected chi connectivity index (χ3v) is 2.47. The normalized spacial score (nSPS) is 10.1. The molecule has 0 aliphatic carbocycles. The molecule has 0 atom stereocenters. The maximum Gasteiger partial charge on any atom is 0.355 e. The van der Waals surface area contributed by atoms with Crippen molar-refractivity contribution in [2.24, 2.45) is 0 Å². The highest BCUT2D eigenvalue weighted by molar-refractivity contribution is 5.93. The number of halogens is 1. The fourth-order valence-corrected chi connectivity index (χ4v) is 1.64. The molecule has 0 radical (unpaired) electrons. The van der Waals surface area contributed by atoms with Crippen LogP contribution in [0, 0.1) is 5.82 Å². The third kappa shape index (κ3) is 2.15. The summed E-state index contributed by atoms with van der Waals surface area (Å²) < 4.78 is 18.2. The summed E-state index contributed by atoms with van der Waals surface area (Å²) in [6.45, 7) is 0. The number of carboxylic acid groups (broad SMARTS) is 1. The third-order valence-electron chi connectivity index (χ3n) is 2.47. The molecule has 0 bridgehead atoms. The molecule has 4 nitrogen and oxygen atoms in total. The average molecular weight is 247 g/mol. The van der Waals surface area contributed by atoms with E-state index < -0.39 is 11.8 Å². The number of methoxy groups -OCH3 is 1. The molecule has 0 saturated carbocycles. The van der Waals surface area contributed by atoms with Gasteiger partial charge in [0.15, 0.2) is 17.3 Å². The molecule has 2 rings (SSSR count). The molecular formula is C13H10FNO3. The number of aromatic nitrogens is 1. The van der Waals surface area contributed by atoms with Gasteiger partial charge in [0, 0.05) is 11.8 Å². The van der Waals surface area contributed by atoms with Crippen molar-refractivity contribution in [3.8, 4) is 16.9 Å². The van der Waals surface area contributed by atoms with E-state index in [1.165, 1.54) is 31.5 Å². The van der Waals surface area contributed by atoms with Crippen LogP contribution in [0.1, 0.15) is 10.5 Å². The molecule has 1 heterocycles. The number of hydrogen-bond donors (Lipinski definition) is 1. The standard InChI is InChI=1S/C13H10FNO3/c1-18-11-7-8(4-5-10(11)14)9-3-2-6-15-12(9)13(16)17/h2-7H,1H3,(H,16,17). The van der Waals surface area contributed by atoms with Gasteiger partial charge in [-0.2, -0.15) is 0 Å². The van der Waals surface area contributed by atoms with Crippen LogP contribution in [0.2, 0.25) is 0 Å². The van der Waals surface area contributed by atoms with Crippen molar-refractivity contribution in [3.63, 3.8) is 0 Å². The summed E-state index contributed by atoms with van der Waals surface area (Å²) in [6.07, 6.45) is 1.40. The lowest BCUT2D eigenvalue weighted by molar-refractivity contribution is 0.0691. The lowest BCUT2D eigenvalue weighted by atomic mass is 10.0. The molecule has 2 aromatic rings. The number of nitrogens with zero attached hydrogens (tertiary/aromatic N) is 1. The van der Waals surface area contributed by atoms with Crippen molar-refractivity contribution in [1.29, 1.82) is 0 Å². The van der Waals surface area contributed by atoms with E-state index in [-0.39, 0.29) is 11.4 Å². The molecule has 0 unspecified atom stereocenters. The number of pyridine rings is 1. The zero-order valence-corrected chi connectivity index (χ0v) is 9.55. The lowest BCUT2D eigenvalue weighted by Gasteiger charge is -2.07. The summed E-state index contributed by atoms with van der Waals surface area (Å²) >= 11 is 0. The van der Waals surface area contributed by atoms with Gasteiger partial charge in [0.1, 0.15) is 0 Å². The minimum absolute atomic E-state index is 0.0627. The van der Waals surface area contributed by atoms with Crippen LogP contribution in [0.5, 0.6) is 5.75 Å². The second-order valence-electron chi connectivity index (χ2n) is 3.55. The second kappa shape index (κ2) is 4.83. The fourth-order valence-electron chi connectivity index (χ4n) is 1.64. The first-order chi connectivity index (χ1) is 8.63. The van der Waals surface area contributed by atoms with Gasteiger partial charge in [0.2, 0.25) is 0 Å². The molecule has 0 fully saturated rings. The Morgan fingerprint density at radius 1 is 1.39 bits per heavy atom. The zero-order valence-electron chi connectivity index (χ0n) is 9.55. The van der Waals surface area contributed by atoms with Gasteiger partial charge in [-0.15, -0.1) is 0 Å². The molecule has 0 aliphatic rings. The number of aromatic carboxylic acids is 1. The molecule has 1 N–H and O–H groups in total. The van der Waals surface area contributed by atoms with E-state index in [1.54, 1.807) is 12.1 Å². The number of rotatable bonds is 3. The van der Waals surface area contributed by atoms with Gasteiger partial charge in [0.25, 0.3) is 0 Å². The summed E-state index contributed by atoms with van der Waals surface area (Å²) in [6, 6.07) is 7.40. The Kier molecular flexibility index (Phi) is 3.23. The van der Waals surface area contributed by atoms with Gasteiger partial charge < -0.3 is 9.84 Å². The SMILES string of the molecule is COc1cc(-c2cccnc2C(=O)O)ccc1F. The van der Waals surface area contributed by atoms with Crippen LogP contribution >= 0.6 is 0 Å². The Bertz CT molecular complexity index is 599. The average Bonchev–Trinajstić information content (AvgIpc) is 2.39. The maximum absolute atomic E-state index is 13.3. The predicted molar refractivity (Wildman–Crippen MR) is 63.1 cm³/mol. The van der Waals surface area contributed by atoms with Crippen LogP contribution in [0.15, 0.2) is 36.5 Å². The fraction of sp³-hybridized carbons (Fsp3) is 0.0769. The molecule has 0 aliphatic heterocycles. The highest BCUT2D eigenvalue weighted by Crippen LogP contribution is 2.27. The van der Waals surface area contributed by atoms with Crippen LogP contribution in [-0.4, -0.2) is 23.2 Å². The molecule has 5 heteroatoms. The van der Waals surface area contributed by atoms with Crippen LogP contribution < -0.4 is 4.74 Å². The summed E-state index contributed by atoms with van der Waals surface area (Å²) in [5.41, 5.74) is 0.883. The number of hydrogen-bond acceptors (Lipinski definition) is 3. The summed E-state index contributed by atoms with van der Waals surface area (Å²) in [5, 5.41) is 9.04. The van der Waals surface area contributed by atoms with Gasteiger partial charge in [-0.05, 0) is 23.8 Å². The van der Waals surface area contributed by atoms with E-state index in [9.17, 15) is 9.18 Å². The van der Waals surface area contributed by atoms with Gasteiger partial charge in [-0.1, -0.05) is 12.1 Å². The Labute approximate surface area is 103 Å². The van der Waals surface area contributed by atoms with Crippen molar-refractivity contribution >= 4 is 5.97 Å². The first kappa shape index (κ1) is 12.0. The Morgan fingerprint density at radius 2 is 2.17 bits per heavy atom. The van der Waals surface area contributed by atoms with Crippen LogP contribution in [0.25, 0.3) is 11.1 Å². The zero-order chi connectivity index (χ0) is 13.1. The van der Waals surface area contributed by atoms with E-state index in [2.05, 4.69) is 4.98 Å². The van der Waals surface area contributed by atoms with Crippen molar-refractivity contribution in [2.45, 2.75) is 0 Å². The quantitative estimate of drug-likeness (QED) is 0.905. The molecule has 92 valence electrons. The largest absolute Gasteiger partial charge is 0.494 e. The van der Waals surface area contributed by atoms with E-state index in [0.29, 0.717) is 11.1 Å². The minimum atomic E-state index is -1.13. The van der Waals surface area contributed by atoms with E-state index >= 15 is 0 Å². The summed E-state index contributed by atoms with van der Waals surface area (Å²) in [7, 11) is 1.35. The molecule has 1 aromatic heterocycles. The van der Waals surface area contributed by atoms with E-state index in [1.807, 2.05) is 0 Å². The first-order valence-electron chi connectivity index (χ1n) is 5.15. The smallest absolute Gasteiger partial charge is 0.355 e. The van der Waals surface area contributed by atoms with Gasteiger partial charge in [0.05, 0.1) is 7.11 Å². The molecular weight excluding hydrogens is 237 g/mol. The minimum Gasteiger partial charge on any atom is -0.494 e. The molecule has 0 spiro atoms. The van der Waals surface area contributed by atoms with Crippen LogP contribution in [0.4, 0.5) is 4.39 Å². The summed E-state index contributed by atoms with van der Waals surface area (Å²) in [4.78, 5) is 14.8. The van der Waals surface area contributed by atoms with E-state index in [0.717, 1.165) is 0 Å². The van der Waals surface area contributed by atoms with Gasteiger partial charge in [-0.25, -0.2) is 14.2 Å². The predicted octanol–water partition coefficient (Wildman–Crippen LogP) is 2.59. The monoisotopic (exact) mass is 247 g/mol. The van der Waals surface area contributed by atoms with Crippen molar-refractivity contribution < 1.29 is 19.0 Å². The molecule has 18 heavy (non-hydrogen) atoms. The Morgan fingerprint density at radius 3 is 2.83 bits per heavy atom. The first-order valence-corrected chi connectivity index (χ1v) is 5.15. The molecule has 0 amide bonds. The number of carboxylic acids is 1. The Hall–Kier alpha value is -2.43. The van der Waals surface area contributed by atoms with Crippen molar-refractivity contribution in [3.05, 3.63) is 48.0 Å². The molecule has 1 aromatic carbocycles. The van der Waals surface area contributed by atoms with Gasteiger partial charge in [-0.3, -0.25) is 0 Å². The second-order valence-corrected chi connectivity index (χ2v) is 3.55. The summed E-state index contributed by atoms with van der Waals surface area (Å²) in [5.74, 6) is -1.57. The highest BCUT2D eigenvalue weighted by Gasteiger charge is 2.14. The number of ether oxygens (including phenoxy) is 1. The van der Waals surface area contributed by atoms with E-state index in [4.69, 9.17) is 9.84 Å². The molecule has 0 saturated heterocycles. The Balaban J connectivity index is 2.58. The number of carbonyl (C=O) groups is 1. The van der Waals surface area contributed by atoms with Crippen LogP contribution in [0.3, 0.4) is 0 Å². The van der Waals surface area contributed by atoms with Crippen molar-refractivity contribution in [2.75, 3.05) is 7.11 Å². The van der Waals surface area contributed by atoms with Crippen LogP contribution in [-0.2, 0) is 0 Å². The van der Waals surface area contributed by atoms with Gasteiger partial charge >= 0.3 is 5.97 Å².